The van der Waals surface area contributed by atoms with Gasteiger partial charge in [-0.25, -0.2) is 4.98 Å². The predicted octanol–water partition coefficient (Wildman–Crippen LogP) is 2.72. The van der Waals surface area contributed by atoms with Crippen LogP contribution < -0.4 is 15.3 Å². The van der Waals surface area contributed by atoms with Crippen LogP contribution in [0.25, 0.3) is 0 Å². The molecular weight excluding hydrogens is 375 g/mol. The van der Waals surface area contributed by atoms with Crippen molar-refractivity contribution >= 4 is 29.1 Å². The first-order valence-corrected chi connectivity index (χ1v) is 7.50. The topological polar surface area (TPSA) is 86.6 Å². The molecule has 0 unspecified atom stereocenters. The number of carbonyl (C=O) groups excluding carboxylic acids is 1. The van der Waals surface area contributed by atoms with E-state index in [-0.39, 0.29) is 10.8 Å². The van der Waals surface area contributed by atoms with Crippen LogP contribution in [0.2, 0.25) is 5.02 Å². The molecule has 1 aromatic carbocycles. The van der Waals surface area contributed by atoms with Gasteiger partial charge in [-0.15, -0.1) is 0 Å². The lowest BCUT2D eigenvalue weighted by atomic mass is 10.1. The van der Waals surface area contributed by atoms with Crippen molar-refractivity contribution in [2.75, 3.05) is 12.0 Å². The zero-order valence-electron chi connectivity index (χ0n) is 13.3. The second kappa shape index (κ2) is 8.05. The third kappa shape index (κ3) is 5.35. The van der Waals surface area contributed by atoms with E-state index in [0.29, 0.717) is 23.2 Å². The monoisotopic (exact) mass is 386 g/mol. The quantitative estimate of drug-likeness (QED) is 0.609. The molecule has 0 radical (unpaired) electrons. The third-order valence-electron chi connectivity index (χ3n) is 3.13. The number of ether oxygens (including phenoxy) is 1. The highest BCUT2D eigenvalue weighted by atomic mass is 35.5. The first kappa shape index (κ1) is 19.5. The number of pyridine rings is 1. The van der Waals surface area contributed by atoms with Crippen molar-refractivity contribution in [3.8, 4) is 5.75 Å². The maximum absolute atomic E-state index is 12.6. The predicted molar refractivity (Wildman–Crippen MR) is 87.0 cm³/mol. The molecular formula is C16H12ClF3N3O3-. The standard InChI is InChI=1S/C16H13ClF3N3O3/c1-9(10-2-4-12(5-3-10)26-8-14(24)25)22-23-15-13(17)6-11(7-21-15)16(18,19)20/h2-7H,8H2,1H3,(H,21,23)(H,24,25)/p-1/b22-9-. The molecule has 0 saturated heterocycles. The molecule has 0 fully saturated rings. The molecule has 0 saturated carbocycles. The van der Waals surface area contributed by atoms with Crippen LogP contribution >= 0.6 is 11.6 Å². The largest absolute Gasteiger partial charge is 0.546 e. The van der Waals surface area contributed by atoms with Gasteiger partial charge in [0.25, 0.3) is 0 Å². The summed E-state index contributed by atoms with van der Waals surface area (Å²) in [5, 5.41) is 14.1. The summed E-state index contributed by atoms with van der Waals surface area (Å²) in [7, 11) is 0. The summed E-state index contributed by atoms with van der Waals surface area (Å²) in [6.07, 6.45) is -3.88. The number of aromatic nitrogens is 1. The van der Waals surface area contributed by atoms with Gasteiger partial charge in [-0.05, 0) is 42.8 Å². The van der Waals surface area contributed by atoms with E-state index >= 15 is 0 Å². The molecule has 0 bridgehead atoms. The van der Waals surface area contributed by atoms with Crippen LogP contribution in [-0.4, -0.2) is 23.3 Å². The Bertz CT molecular complexity index is 824. The van der Waals surface area contributed by atoms with Crippen LogP contribution in [0.15, 0.2) is 41.6 Å². The van der Waals surface area contributed by atoms with Gasteiger partial charge in [-0.1, -0.05) is 11.6 Å². The molecule has 26 heavy (non-hydrogen) atoms. The number of carboxylic acid groups (broad SMARTS) is 1. The SMILES string of the molecule is C/C(=N/Nc1ncc(C(F)(F)F)cc1Cl)c1ccc(OCC(=O)[O-])cc1. The number of hydrogen-bond donors (Lipinski definition) is 1. The number of nitrogens with zero attached hydrogens (tertiary/aromatic N) is 2. The van der Waals surface area contributed by atoms with Crippen LogP contribution in [0.5, 0.6) is 5.75 Å². The fraction of sp³-hybridized carbons (Fsp3) is 0.188. The van der Waals surface area contributed by atoms with Gasteiger partial charge < -0.3 is 14.6 Å². The number of alkyl halides is 3. The van der Waals surface area contributed by atoms with Gasteiger partial charge >= 0.3 is 6.18 Å². The normalized spacial score (nSPS) is 12.0. The first-order chi connectivity index (χ1) is 12.2. The summed E-state index contributed by atoms with van der Waals surface area (Å²) in [5.41, 5.74) is 2.71. The van der Waals surface area contributed by atoms with Gasteiger partial charge in [0.15, 0.2) is 5.82 Å². The van der Waals surface area contributed by atoms with Gasteiger partial charge in [-0.2, -0.15) is 18.3 Å². The number of nitrogens with one attached hydrogen (secondary N) is 1. The van der Waals surface area contributed by atoms with Gasteiger partial charge in [0.05, 0.1) is 22.3 Å². The zero-order chi connectivity index (χ0) is 19.3. The summed E-state index contributed by atoms with van der Waals surface area (Å²) >= 11 is 5.78. The molecule has 1 aromatic heterocycles. The van der Waals surface area contributed by atoms with Crippen LogP contribution in [0, 0.1) is 0 Å². The van der Waals surface area contributed by atoms with E-state index in [4.69, 9.17) is 16.3 Å². The molecule has 0 aliphatic heterocycles. The molecule has 1 heterocycles. The number of carbonyl (C=O) groups is 1. The van der Waals surface area contributed by atoms with Crippen molar-refractivity contribution in [1.82, 2.24) is 4.98 Å². The smallest absolute Gasteiger partial charge is 0.417 e. The Morgan fingerprint density at radius 1 is 1.35 bits per heavy atom. The first-order valence-electron chi connectivity index (χ1n) is 7.13. The number of hydrazone groups is 1. The van der Waals surface area contributed by atoms with E-state index < -0.39 is 24.3 Å². The van der Waals surface area contributed by atoms with Crippen LogP contribution in [0.1, 0.15) is 18.1 Å². The molecule has 1 N–H and O–H groups in total. The Morgan fingerprint density at radius 3 is 2.54 bits per heavy atom. The minimum atomic E-state index is -4.53. The molecule has 6 nitrogen and oxygen atoms in total. The molecule has 138 valence electrons. The highest BCUT2D eigenvalue weighted by Gasteiger charge is 2.31. The van der Waals surface area contributed by atoms with E-state index in [9.17, 15) is 23.1 Å². The number of aliphatic carboxylic acids is 1. The van der Waals surface area contributed by atoms with Gasteiger partial charge in [0.1, 0.15) is 12.4 Å². The number of hydrogen-bond acceptors (Lipinski definition) is 6. The minimum absolute atomic E-state index is 0.0204. The summed E-state index contributed by atoms with van der Waals surface area (Å²) in [4.78, 5) is 13.9. The summed E-state index contributed by atoms with van der Waals surface area (Å²) in [6, 6.07) is 7.10. The lowest BCUT2D eigenvalue weighted by Gasteiger charge is -2.09. The highest BCUT2D eigenvalue weighted by molar-refractivity contribution is 6.33. The minimum Gasteiger partial charge on any atom is -0.546 e. The number of anilines is 1. The fourth-order valence-corrected chi connectivity index (χ4v) is 2.02. The molecule has 0 spiro atoms. The highest BCUT2D eigenvalue weighted by Crippen LogP contribution is 2.32. The Morgan fingerprint density at radius 2 is 2.00 bits per heavy atom. The third-order valence-corrected chi connectivity index (χ3v) is 3.41. The van der Waals surface area contributed by atoms with Crippen molar-refractivity contribution in [3.63, 3.8) is 0 Å². The van der Waals surface area contributed by atoms with Crippen molar-refractivity contribution in [2.24, 2.45) is 5.10 Å². The molecule has 2 rings (SSSR count). The molecule has 0 atom stereocenters. The van der Waals surface area contributed by atoms with Crippen LogP contribution in [0.4, 0.5) is 19.0 Å². The summed E-state index contributed by atoms with van der Waals surface area (Å²) in [6.45, 7) is 1.09. The molecule has 0 amide bonds. The van der Waals surface area contributed by atoms with E-state index in [2.05, 4.69) is 15.5 Å². The Labute approximate surface area is 151 Å². The average molecular weight is 387 g/mol. The number of carboxylic acids is 1. The second-order valence-corrected chi connectivity index (χ2v) is 5.45. The Kier molecular flexibility index (Phi) is 6.04. The van der Waals surface area contributed by atoms with Gasteiger partial charge in [0.2, 0.25) is 0 Å². The van der Waals surface area contributed by atoms with E-state index in [0.717, 1.165) is 6.07 Å². The summed E-state index contributed by atoms with van der Waals surface area (Å²) < 4.78 is 42.7. The maximum Gasteiger partial charge on any atom is 0.417 e. The molecule has 10 heteroatoms. The summed E-state index contributed by atoms with van der Waals surface area (Å²) in [5.74, 6) is -1.02. The molecule has 2 aromatic rings. The van der Waals surface area contributed by atoms with Crippen LogP contribution in [-0.2, 0) is 11.0 Å². The maximum atomic E-state index is 12.6. The van der Waals surface area contributed by atoms with E-state index in [1.54, 1.807) is 31.2 Å². The van der Waals surface area contributed by atoms with E-state index in [1.165, 1.54) is 0 Å². The van der Waals surface area contributed by atoms with Crippen LogP contribution in [0.3, 0.4) is 0 Å². The van der Waals surface area contributed by atoms with Crippen molar-refractivity contribution < 1.29 is 27.8 Å². The van der Waals surface area contributed by atoms with Gasteiger partial charge in [-0.3, -0.25) is 5.43 Å². The fourth-order valence-electron chi connectivity index (χ4n) is 1.81. The number of benzene rings is 1. The van der Waals surface area contributed by atoms with Crippen molar-refractivity contribution in [2.45, 2.75) is 13.1 Å². The van der Waals surface area contributed by atoms with Crippen molar-refractivity contribution in [3.05, 3.63) is 52.7 Å². The second-order valence-electron chi connectivity index (χ2n) is 5.05. The lowest BCUT2D eigenvalue weighted by Crippen LogP contribution is -2.28. The Balaban J connectivity index is 2.07. The average Bonchev–Trinajstić information content (AvgIpc) is 2.58. The van der Waals surface area contributed by atoms with Gasteiger partial charge in [0, 0.05) is 6.20 Å². The van der Waals surface area contributed by atoms with Crippen molar-refractivity contribution in [1.29, 1.82) is 0 Å². The lowest BCUT2D eigenvalue weighted by molar-refractivity contribution is -0.307. The molecule has 0 aliphatic rings. The zero-order valence-corrected chi connectivity index (χ0v) is 14.1. The molecule has 0 aliphatic carbocycles. The Hall–Kier alpha value is -2.81. The van der Waals surface area contributed by atoms with E-state index in [1.807, 2.05) is 0 Å². The number of rotatable bonds is 6. The number of halogens is 4.